The van der Waals surface area contributed by atoms with Crippen molar-refractivity contribution >= 4 is 50.2 Å². The number of aromatic carboxylic acids is 1. The van der Waals surface area contributed by atoms with E-state index in [2.05, 4.69) is 15.2 Å². The number of thiazole rings is 1. The van der Waals surface area contributed by atoms with Crippen molar-refractivity contribution in [2.24, 2.45) is 0 Å². The smallest absolute Gasteiger partial charge is 0.347 e. The van der Waals surface area contributed by atoms with Crippen molar-refractivity contribution in [1.29, 1.82) is 0 Å². The highest BCUT2D eigenvalue weighted by atomic mass is 32.2. The maximum atomic E-state index is 11.3. The monoisotopic (exact) mass is 458 g/mol. The minimum atomic E-state index is -2.94. The Morgan fingerprint density at radius 1 is 1.29 bits per heavy atom. The van der Waals surface area contributed by atoms with Gasteiger partial charge in [-0.15, -0.1) is 32.9 Å². The van der Waals surface area contributed by atoms with Gasteiger partial charge in [0.2, 0.25) is 0 Å². The summed E-state index contributed by atoms with van der Waals surface area (Å²) in [6.07, 6.45) is 4.76. The van der Waals surface area contributed by atoms with Crippen molar-refractivity contribution in [2.45, 2.75) is 35.3 Å². The Labute approximate surface area is 174 Å². The third kappa shape index (κ3) is 5.63. The highest BCUT2D eigenvalue weighted by Crippen LogP contribution is 2.33. The lowest BCUT2D eigenvalue weighted by Crippen LogP contribution is -2.05. The molecular weight excluding hydrogens is 440 g/mol. The van der Waals surface area contributed by atoms with Gasteiger partial charge in [-0.25, -0.2) is 18.2 Å². The van der Waals surface area contributed by atoms with Gasteiger partial charge in [0.15, 0.2) is 15.3 Å². The second-order valence-electron chi connectivity index (χ2n) is 6.02. The molecule has 0 saturated carbocycles. The summed E-state index contributed by atoms with van der Waals surface area (Å²) >= 11 is 3.94. The zero-order chi connectivity index (χ0) is 20.1. The Hall–Kier alpha value is -1.76. The number of hydrogen-bond donors (Lipinski definition) is 1. The molecule has 0 saturated heterocycles. The normalized spacial score (nSPS) is 11.8. The minimum Gasteiger partial charge on any atom is -0.477 e. The van der Waals surface area contributed by atoms with Gasteiger partial charge in [0.05, 0.1) is 11.1 Å². The highest BCUT2D eigenvalue weighted by molar-refractivity contribution is 8.00. The maximum Gasteiger partial charge on any atom is 0.347 e. The van der Waals surface area contributed by atoms with Crippen LogP contribution in [0, 0.1) is 0 Å². The topological polar surface area (TPSA) is 115 Å². The van der Waals surface area contributed by atoms with Crippen molar-refractivity contribution in [2.75, 3.05) is 12.0 Å². The lowest BCUT2D eigenvalue weighted by Gasteiger charge is -2.08. The number of aromatic nitrogens is 4. The zero-order valence-electron chi connectivity index (χ0n) is 14.9. The van der Waals surface area contributed by atoms with Gasteiger partial charge >= 0.3 is 5.97 Å². The summed E-state index contributed by atoms with van der Waals surface area (Å²) in [5.74, 6) is -0.0716. The van der Waals surface area contributed by atoms with E-state index < -0.39 is 15.8 Å². The summed E-state index contributed by atoms with van der Waals surface area (Å²) in [6, 6.07) is 3.91. The van der Waals surface area contributed by atoms with Gasteiger partial charge < -0.3 is 9.67 Å². The van der Waals surface area contributed by atoms with Gasteiger partial charge in [-0.3, -0.25) is 0 Å². The molecule has 0 aliphatic heterocycles. The molecule has 0 radical (unpaired) electrons. The van der Waals surface area contributed by atoms with Gasteiger partial charge in [-0.1, -0.05) is 12.5 Å². The molecule has 150 valence electrons. The quantitative estimate of drug-likeness (QED) is 0.459. The molecule has 3 rings (SSSR count). The molecule has 3 aromatic rings. The number of rotatable bonds is 10. The fourth-order valence-electron chi connectivity index (χ4n) is 2.45. The first-order valence-electron chi connectivity index (χ1n) is 8.35. The van der Waals surface area contributed by atoms with Crippen molar-refractivity contribution in [3.63, 3.8) is 0 Å². The van der Waals surface area contributed by atoms with Crippen LogP contribution in [0.1, 0.15) is 28.9 Å². The average molecular weight is 459 g/mol. The Morgan fingerprint density at radius 2 is 2.11 bits per heavy atom. The molecule has 12 heteroatoms. The van der Waals surface area contributed by atoms with E-state index in [9.17, 15) is 13.2 Å². The van der Waals surface area contributed by atoms with Crippen molar-refractivity contribution < 1.29 is 18.3 Å². The maximum absolute atomic E-state index is 11.3. The molecule has 0 atom stereocenters. The minimum absolute atomic E-state index is 0.174. The number of carbonyl (C=O) groups is 1. The number of nitrogens with zero attached hydrogens (tertiary/aromatic N) is 4. The van der Waals surface area contributed by atoms with E-state index in [0.717, 1.165) is 34.9 Å². The van der Waals surface area contributed by atoms with Crippen LogP contribution >= 0.6 is 34.4 Å². The van der Waals surface area contributed by atoms with Crippen molar-refractivity contribution in [1.82, 2.24) is 19.7 Å². The van der Waals surface area contributed by atoms with E-state index in [4.69, 9.17) is 5.11 Å². The van der Waals surface area contributed by atoms with Gasteiger partial charge in [0.1, 0.15) is 14.7 Å². The third-order valence-corrected chi connectivity index (χ3v) is 7.67. The van der Waals surface area contributed by atoms with Gasteiger partial charge in [0, 0.05) is 18.6 Å². The first kappa shape index (κ1) is 21.0. The average Bonchev–Trinajstić information content (AvgIpc) is 3.34. The number of sulfone groups is 1. The van der Waals surface area contributed by atoms with Crippen molar-refractivity contribution in [3.8, 4) is 10.7 Å². The molecule has 1 N–H and O–H groups in total. The first-order valence-corrected chi connectivity index (χ1v) is 12.9. The van der Waals surface area contributed by atoms with E-state index in [-0.39, 0.29) is 10.6 Å². The number of hydrogen-bond acceptors (Lipinski definition) is 9. The molecule has 0 fully saturated rings. The summed E-state index contributed by atoms with van der Waals surface area (Å²) in [6.45, 7) is 0.642. The summed E-state index contributed by atoms with van der Waals surface area (Å²) in [4.78, 5) is 16.4. The molecule has 8 nitrogen and oxygen atoms in total. The summed E-state index contributed by atoms with van der Waals surface area (Å²) in [5, 5.41) is 20.2. The van der Waals surface area contributed by atoms with Crippen LogP contribution in [0.4, 0.5) is 0 Å². The molecule has 0 spiro atoms. The number of carboxylic acid groups (broad SMARTS) is 1. The first-order chi connectivity index (χ1) is 13.3. The second kappa shape index (κ2) is 9.16. The molecule has 0 bridgehead atoms. The molecule has 0 unspecified atom stereocenters. The highest BCUT2D eigenvalue weighted by Gasteiger charge is 2.18. The van der Waals surface area contributed by atoms with Crippen molar-refractivity contribution in [3.05, 3.63) is 28.6 Å². The predicted molar refractivity (Wildman–Crippen MR) is 110 cm³/mol. The van der Waals surface area contributed by atoms with Crippen LogP contribution in [0.2, 0.25) is 0 Å². The third-order valence-electron chi connectivity index (χ3n) is 3.73. The molecule has 28 heavy (non-hydrogen) atoms. The molecule has 3 heterocycles. The van der Waals surface area contributed by atoms with Crippen LogP contribution < -0.4 is 0 Å². The molecule has 3 aromatic heterocycles. The number of carboxylic acids is 1. The predicted octanol–water partition coefficient (Wildman–Crippen LogP) is 3.53. The van der Waals surface area contributed by atoms with Crippen LogP contribution in [0.15, 0.2) is 33.2 Å². The number of unbranched alkanes of at least 4 members (excludes halogenated alkanes) is 2. The standard InChI is InChI=1S/C16H18N4O4S4/c1-28(23,24)9-4-2-3-7-20-13(11-6-5-8-25-11)18-19-15(20)27-16-17-10-12(26-16)14(21)22/h5-6,8,10H,2-4,7,9H2,1H3,(H,21,22). The lowest BCUT2D eigenvalue weighted by molar-refractivity contribution is 0.0702. The lowest BCUT2D eigenvalue weighted by atomic mass is 10.2. The summed E-state index contributed by atoms with van der Waals surface area (Å²) in [7, 11) is -2.94. The van der Waals surface area contributed by atoms with Crippen LogP contribution in [-0.2, 0) is 16.4 Å². The fraction of sp³-hybridized carbons (Fsp3) is 0.375. The van der Waals surface area contributed by atoms with E-state index in [1.165, 1.54) is 24.2 Å². The van der Waals surface area contributed by atoms with E-state index in [0.29, 0.717) is 22.5 Å². The Morgan fingerprint density at radius 3 is 2.75 bits per heavy atom. The van der Waals surface area contributed by atoms with E-state index in [1.54, 1.807) is 11.3 Å². The van der Waals surface area contributed by atoms with E-state index in [1.807, 2.05) is 22.1 Å². The second-order valence-corrected chi connectivity index (χ2v) is 11.5. The van der Waals surface area contributed by atoms with Crippen LogP contribution in [-0.4, -0.2) is 51.3 Å². The fourth-order valence-corrected chi connectivity index (χ4v) is 5.67. The molecule has 0 aliphatic carbocycles. The van der Waals surface area contributed by atoms with Gasteiger partial charge in [-0.05, 0) is 36.0 Å². The van der Waals surface area contributed by atoms with Gasteiger partial charge in [0.25, 0.3) is 0 Å². The summed E-state index contributed by atoms with van der Waals surface area (Å²) < 4.78 is 25.1. The summed E-state index contributed by atoms with van der Waals surface area (Å²) in [5.41, 5.74) is 0. The SMILES string of the molecule is CS(=O)(=O)CCCCCn1c(Sc2ncc(C(=O)O)s2)nnc1-c1cccs1. The Balaban J connectivity index is 1.75. The molecule has 0 aromatic carbocycles. The molecule has 0 aliphatic rings. The van der Waals surface area contributed by atoms with E-state index >= 15 is 0 Å². The van der Waals surface area contributed by atoms with Crippen LogP contribution in [0.25, 0.3) is 10.7 Å². The van der Waals surface area contributed by atoms with Gasteiger partial charge in [-0.2, -0.15) is 0 Å². The zero-order valence-corrected chi connectivity index (χ0v) is 18.2. The molecular formula is C16H18N4O4S4. The van der Waals surface area contributed by atoms with Crippen LogP contribution in [0.3, 0.4) is 0 Å². The molecule has 0 amide bonds. The Kier molecular flexibility index (Phi) is 6.86. The Bertz CT molecular complexity index is 1040. The van der Waals surface area contributed by atoms with Crippen LogP contribution in [0.5, 0.6) is 0 Å². The largest absolute Gasteiger partial charge is 0.477 e. The number of thiophene rings is 1.